The van der Waals surface area contributed by atoms with Crippen LogP contribution in [0.3, 0.4) is 0 Å². The SMILES string of the molecule is Cc1cccc(Cl)c1NC(=O)N(CCC#N)CCC#N. The van der Waals surface area contributed by atoms with Gasteiger partial charge in [-0.25, -0.2) is 4.79 Å². The Morgan fingerprint density at radius 3 is 2.40 bits per heavy atom. The van der Waals surface area contributed by atoms with Crippen molar-refractivity contribution in [1.82, 2.24) is 4.90 Å². The van der Waals surface area contributed by atoms with Gasteiger partial charge in [-0.1, -0.05) is 23.7 Å². The van der Waals surface area contributed by atoms with Crippen molar-refractivity contribution in [2.24, 2.45) is 0 Å². The fourth-order valence-corrected chi connectivity index (χ4v) is 1.93. The maximum absolute atomic E-state index is 12.2. The summed E-state index contributed by atoms with van der Waals surface area (Å²) in [7, 11) is 0. The van der Waals surface area contributed by atoms with E-state index in [0.29, 0.717) is 10.7 Å². The number of aryl methyl sites for hydroxylation is 1. The van der Waals surface area contributed by atoms with E-state index in [1.165, 1.54) is 4.90 Å². The number of benzene rings is 1. The summed E-state index contributed by atoms with van der Waals surface area (Å²) in [6.45, 7) is 2.41. The predicted octanol–water partition coefficient (Wildman–Crippen LogP) is 3.31. The van der Waals surface area contributed by atoms with Crippen LogP contribution < -0.4 is 5.32 Å². The summed E-state index contributed by atoms with van der Waals surface area (Å²) >= 11 is 6.05. The first-order chi connectivity index (χ1) is 9.60. The molecule has 2 amide bonds. The highest BCUT2D eigenvalue weighted by atomic mass is 35.5. The van der Waals surface area contributed by atoms with E-state index < -0.39 is 0 Å². The average molecular weight is 291 g/mol. The quantitative estimate of drug-likeness (QED) is 0.903. The van der Waals surface area contributed by atoms with E-state index in [4.69, 9.17) is 22.1 Å². The van der Waals surface area contributed by atoms with Gasteiger partial charge in [0.15, 0.2) is 0 Å². The molecule has 0 bridgehead atoms. The molecule has 0 saturated heterocycles. The van der Waals surface area contributed by atoms with E-state index in [-0.39, 0.29) is 32.0 Å². The van der Waals surface area contributed by atoms with Crippen LogP contribution >= 0.6 is 11.6 Å². The van der Waals surface area contributed by atoms with Crippen molar-refractivity contribution in [3.63, 3.8) is 0 Å². The van der Waals surface area contributed by atoms with Crippen molar-refractivity contribution in [1.29, 1.82) is 10.5 Å². The first kappa shape index (κ1) is 15.8. The van der Waals surface area contributed by atoms with E-state index in [0.717, 1.165) is 5.56 Å². The van der Waals surface area contributed by atoms with Gasteiger partial charge in [0.25, 0.3) is 0 Å². The van der Waals surface area contributed by atoms with Crippen molar-refractivity contribution in [3.8, 4) is 12.1 Å². The molecule has 0 unspecified atom stereocenters. The molecule has 0 aliphatic carbocycles. The van der Waals surface area contributed by atoms with Gasteiger partial charge in [0.05, 0.1) is 35.7 Å². The number of anilines is 1. The Labute approximate surface area is 123 Å². The number of nitriles is 2. The van der Waals surface area contributed by atoms with Gasteiger partial charge in [0.1, 0.15) is 0 Å². The lowest BCUT2D eigenvalue weighted by Crippen LogP contribution is -2.36. The molecular weight excluding hydrogens is 276 g/mol. The number of urea groups is 1. The van der Waals surface area contributed by atoms with Crippen LogP contribution in [0, 0.1) is 29.6 Å². The zero-order valence-electron chi connectivity index (χ0n) is 11.2. The average Bonchev–Trinajstić information content (AvgIpc) is 2.43. The van der Waals surface area contributed by atoms with E-state index in [9.17, 15) is 4.79 Å². The Kier molecular flexibility index (Phi) is 6.36. The maximum Gasteiger partial charge on any atom is 0.321 e. The third kappa shape index (κ3) is 4.46. The number of para-hydroxylation sites is 1. The van der Waals surface area contributed by atoms with Gasteiger partial charge in [0, 0.05) is 13.1 Å². The minimum Gasteiger partial charge on any atom is -0.322 e. The van der Waals surface area contributed by atoms with Gasteiger partial charge >= 0.3 is 6.03 Å². The molecule has 0 fully saturated rings. The van der Waals surface area contributed by atoms with Crippen LogP contribution in [0.2, 0.25) is 5.02 Å². The van der Waals surface area contributed by atoms with Gasteiger partial charge < -0.3 is 10.2 Å². The Morgan fingerprint density at radius 2 is 1.90 bits per heavy atom. The van der Waals surface area contributed by atoms with E-state index in [1.54, 1.807) is 12.1 Å². The minimum absolute atomic E-state index is 0.223. The van der Waals surface area contributed by atoms with Crippen LogP contribution in [0.15, 0.2) is 18.2 Å². The Balaban J connectivity index is 2.80. The lowest BCUT2D eigenvalue weighted by atomic mass is 10.2. The molecule has 0 aliphatic rings. The Hall–Kier alpha value is -2.24. The zero-order valence-corrected chi connectivity index (χ0v) is 11.9. The highest BCUT2D eigenvalue weighted by Crippen LogP contribution is 2.25. The van der Waals surface area contributed by atoms with Crippen LogP contribution in [0.25, 0.3) is 0 Å². The first-order valence-corrected chi connectivity index (χ1v) is 6.53. The molecule has 104 valence electrons. The number of carbonyl (C=O) groups is 1. The fraction of sp³-hybridized carbons (Fsp3) is 0.357. The van der Waals surface area contributed by atoms with Crippen molar-refractivity contribution in [2.45, 2.75) is 19.8 Å². The molecule has 0 saturated carbocycles. The molecule has 1 rings (SSSR count). The smallest absolute Gasteiger partial charge is 0.321 e. The number of nitrogens with one attached hydrogen (secondary N) is 1. The van der Waals surface area contributed by atoms with Gasteiger partial charge in [-0.2, -0.15) is 10.5 Å². The number of hydrogen-bond donors (Lipinski definition) is 1. The highest BCUT2D eigenvalue weighted by Gasteiger charge is 2.15. The van der Waals surface area contributed by atoms with Crippen LogP contribution in [0.5, 0.6) is 0 Å². The number of nitrogens with zero attached hydrogens (tertiary/aromatic N) is 3. The lowest BCUT2D eigenvalue weighted by molar-refractivity contribution is 0.214. The lowest BCUT2D eigenvalue weighted by Gasteiger charge is -2.22. The number of hydrogen-bond acceptors (Lipinski definition) is 3. The van der Waals surface area contributed by atoms with Crippen molar-refractivity contribution >= 4 is 23.3 Å². The van der Waals surface area contributed by atoms with Crippen LogP contribution in [-0.4, -0.2) is 24.0 Å². The third-order valence-electron chi connectivity index (χ3n) is 2.73. The van der Waals surface area contributed by atoms with E-state index in [1.807, 2.05) is 25.1 Å². The molecule has 0 spiro atoms. The van der Waals surface area contributed by atoms with Gasteiger partial charge in [-0.15, -0.1) is 0 Å². The van der Waals surface area contributed by atoms with E-state index >= 15 is 0 Å². The summed E-state index contributed by atoms with van der Waals surface area (Å²) in [5.74, 6) is 0. The molecule has 0 atom stereocenters. The monoisotopic (exact) mass is 290 g/mol. The normalized spacial score (nSPS) is 9.40. The fourth-order valence-electron chi connectivity index (χ4n) is 1.66. The number of amides is 2. The Morgan fingerprint density at radius 1 is 1.30 bits per heavy atom. The molecule has 0 heterocycles. The molecule has 1 N–H and O–H groups in total. The van der Waals surface area contributed by atoms with Gasteiger partial charge in [-0.05, 0) is 18.6 Å². The molecule has 1 aromatic carbocycles. The van der Waals surface area contributed by atoms with Gasteiger partial charge in [-0.3, -0.25) is 0 Å². The van der Waals surface area contributed by atoms with Crippen molar-refractivity contribution < 1.29 is 4.79 Å². The molecular formula is C14H15ClN4O. The topological polar surface area (TPSA) is 79.9 Å². The minimum atomic E-state index is -0.355. The molecule has 6 heteroatoms. The van der Waals surface area contributed by atoms with Crippen molar-refractivity contribution in [2.75, 3.05) is 18.4 Å². The summed E-state index contributed by atoms with van der Waals surface area (Å²) in [5, 5.41) is 20.4. The molecule has 0 aromatic heterocycles. The second kappa shape index (κ2) is 8.04. The molecule has 0 aliphatic heterocycles. The predicted molar refractivity (Wildman–Crippen MR) is 77.2 cm³/mol. The van der Waals surface area contributed by atoms with Crippen LogP contribution in [0.4, 0.5) is 10.5 Å². The number of halogens is 1. The summed E-state index contributed by atoms with van der Waals surface area (Å²) < 4.78 is 0. The maximum atomic E-state index is 12.2. The second-order valence-electron chi connectivity index (χ2n) is 4.17. The largest absolute Gasteiger partial charge is 0.322 e. The molecule has 20 heavy (non-hydrogen) atoms. The highest BCUT2D eigenvalue weighted by molar-refractivity contribution is 6.33. The summed E-state index contributed by atoms with van der Waals surface area (Å²) in [6, 6.07) is 8.96. The van der Waals surface area contributed by atoms with Crippen LogP contribution in [-0.2, 0) is 0 Å². The summed E-state index contributed by atoms with van der Waals surface area (Å²) in [5.41, 5.74) is 1.41. The van der Waals surface area contributed by atoms with Crippen molar-refractivity contribution in [3.05, 3.63) is 28.8 Å². The van der Waals surface area contributed by atoms with Crippen LogP contribution in [0.1, 0.15) is 18.4 Å². The standard InChI is InChI=1S/C14H15ClN4O/c1-11-5-2-6-12(15)13(11)18-14(20)19(9-3-7-16)10-4-8-17/h2,5-6H,3-4,9-10H2,1H3,(H,18,20). The Bertz CT molecular complexity index is 521. The number of rotatable bonds is 5. The van der Waals surface area contributed by atoms with Gasteiger partial charge in [0.2, 0.25) is 0 Å². The molecule has 1 aromatic rings. The second-order valence-corrected chi connectivity index (χ2v) is 4.57. The third-order valence-corrected chi connectivity index (χ3v) is 3.04. The summed E-state index contributed by atoms with van der Waals surface area (Å²) in [4.78, 5) is 13.6. The molecule has 5 nitrogen and oxygen atoms in total. The summed E-state index contributed by atoms with van der Waals surface area (Å²) in [6.07, 6.45) is 0.445. The zero-order chi connectivity index (χ0) is 15.0. The van der Waals surface area contributed by atoms with E-state index in [2.05, 4.69) is 5.32 Å². The first-order valence-electron chi connectivity index (χ1n) is 6.15. The molecule has 0 radical (unpaired) electrons. The number of carbonyl (C=O) groups excluding carboxylic acids is 1.